The zero-order chi connectivity index (χ0) is 14.2. The molecule has 104 valence electrons. The van der Waals surface area contributed by atoms with Gasteiger partial charge in [-0.15, -0.1) is 0 Å². The summed E-state index contributed by atoms with van der Waals surface area (Å²) >= 11 is 0. The minimum absolute atomic E-state index is 0.0248. The van der Waals surface area contributed by atoms with Crippen LogP contribution in [0.5, 0.6) is 0 Å². The molecule has 0 aliphatic heterocycles. The molecule has 2 aromatic rings. The van der Waals surface area contributed by atoms with Gasteiger partial charge in [-0.1, -0.05) is 24.3 Å². The van der Waals surface area contributed by atoms with Gasteiger partial charge in [0.25, 0.3) is 0 Å². The predicted octanol–water partition coefficient (Wildman–Crippen LogP) is 2.51. The lowest BCUT2D eigenvalue weighted by atomic mass is 10.2. The lowest BCUT2D eigenvalue weighted by Crippen LogP contribution is -2.25. The molecule has 2 rings (SSSR count). The van der Waals surface area contributed by atoms with Gasteiger partial charge in [0, 0.05) is 24.8 Å². The fourth-order valence-electron chi connectivity index (χ4n) is 1.86. The Morgan fingerprint density at radius 1 is 1.15 bits per heavy atom. The number of pyridine rings is 1. The molecule has 0 unspecified atom stereocenters. The van der Waals surface area contributed by atoms with Crippen LogP contribution in [0.25, 0.3) is 0 Å². The Bertz CT molecular complexity index is 555. The van der Waals surface area contributed by atoms with Crippen LogP contribution in [0, 0.1) is 6.92 Å². The second-order valence-corrected chi connectivity index (χ2v) is 4.59. The zero-order valence-corrected chi connectivity index (χ0v) is 11.6. The Morgan fingerprint density at radius 3 is 2.70 bits per heavy atom. The van der Waals surface area contributed by atoms with Crippen LogP contribution < -0.4 is 10.6 Å². The second kappa shape index (κ2) is 7.28. The molecule has 4 heteroatoms. The molecule has 0 bridgehead atoms. The Hall–Kier alpha value is -2.36. The number of nitrogens with zero attached hydrogens (tertiary/aromatic N) is 1. The van der Waals surface area contributed by atoms with E-state index in [0.29, 0.717) is 19.5 Å². The van der Waals surface area contributed by atoms with E-state index >= 15 is 0 Å². The molecule has 0 aliphatic rings. The maximum atomic E-state index is 11.7. The summed E-state index contributed by atoms with van der Waals surface area (Å²) in [4.78, 5) is 15.9. The van der Waals surface area contributed by atoms with Crippen LogP contribution >= 0.6 is 0 Å². The van der Waals surface area contributed by atoms with Gasteiger partial charge in [-0.3, -0.25) is 9.78 Å². The maximum Gasteiger partial charge on any atom is 0.222 e. The van der Waals surface area contributed by atoms with Crippen molar-refractivity contribution in [1.82, 2.24) is 10.3 Å². The monoisotopic (exact) mass is 269 g/mol. The van der Waals surface area contributed by atoms with Gasteiger partial charge in [-0.25, -0.2) is 0 Å². The molecule has 0 fully saturated rings. The van der Waals surface area contributed by atoms with E-state index in [1.54, 1.807) is 6.20 Å². The number of anilines is 1. The second-order valence-electron chi connectivity index (χ2n) is 4.59. The Balaban J connectivity index is 1.69. The number of rotatable bonds is 6. The third kappa shape index (κ3) is 4.39. The molecule has 0 aliphatic carbocycles. The fourth-order valence-corrected chi connectivity index (χ4v) is 1.86. The summed E-state index contributed by atoms with van der Waals surface area (Å²) in [7, 11) is 0. The molecule has 0 saturated carbocycles. The van der Waals surface area contributed by atoms with Crippen LogP contribution in [-0.2, 0) is 11.3 Å². The van der Waals surface area contributed by atoms with Gasteiger partial charge >= 0.3 is 0 Å². The van der Waals surface area contributed by atoms with Crippen LogP contribution in [-0.4, -0.2) is 17.4 Å². The highest BCUT2D eigenvalue weighted by Gasteiger charge is 2.02. The summed E-state index contributed by atoms with van der Waals surface area (Å²) in [6.45, 7) is 3.15. The average Bonchev–Trinajstić information content (AvgIpc) is 2.48. The van der Waals surface area contributed by atoms with Crippen molar-refractivity contribution >= 4 is 11.6 Å². The Kier molecular flexibility index (Phi) is 5.12. The van der Waals surface area contributed by atoms with Crippen LogP contribution in [0.1, 0.15) is 17.7 Å². The van der Waals surface area contributed by atoms with Crippen molar-refractivity contribution in [3.8, 4) is 0 Å². The number of hydrogen-bond donors (Lipinski definition) is 2. The van der Waals surface area contributed by atoms with Gasteiger partial charge in [0.1, 0.15) is 0 Å². The summed E-state index contributed by atoms with van der Waals surface area (Å²) in [6.07, 6.45) is 2.17. The molecule has 0 saturated heterocycles. The predicted molar refractivity (Wildman–Crippen MR) is 80.4 cm³/mol. The first-order valence-electron chi connectivity index (χ1n) is 6.72. The molecule has 0 atom stereocenters. The van der Waals surface area contributed by atoms with Gasteiger partial charge in [-0.2, -0.15) is 0 Å². The van der Waals surface area contributed by atoms with E-state index in [1.165, 1.54) is 5.56 Å². The number of amides is 1. The Labute approximate surface area is 119 Å². The van der Waals surface area contributed by atoms with Gasteiger partial charge in [0.05, 0.1) is 12.2 Å². The molecule has 2 N–H and O–H groups in total. The van der Waals surface area contributed by atoms with Crippen LogP contribution in [0.2, 0.25) is 0 Å². The first-order chi connectivity index (χ1) is 9.75. The molecule has 1 aromatic heterocycles. The summed E-state index contributed by atoms with van der Waals surface area (Å²) in [5.41, 5.74) is 3.12. The molecule has 1 heterocycles. The average molecular weight is 269 g/mol. The highest BCUT2D eigenvalue weighted by molar-refractivity contribution is 5.76. The molecular formula is C16H19N3O. The van der Waals surface area contributed by atoms with E-state index in [9.17, 15) is 4.79 Å². The topological polar surface area (TPSA) is 54.0 Å². The maximum absolute atomic E-state index is 11.7. The van der Waals surface area contributed by atoms with E-state index in [0.717, 1.165) is 11.4 Å². The molecule has 20 heavy (non-hydrogen) atoms. The molecule has 0 radical (unpaired) electrons. The van der Waals surface area contributed by atoms with Gasteiger partial charge in [0.15, 0.2) is 0 Å². The van der Waals surface area contributed by atoms with Crippen LogP contribution in [0.4, 0.5) is 5.69 Å². The SMILES string of the molecule is Cc1ccccc1NCCC(=O)NCc1ccccn1. The smallest absolute Gasteiger partial charge is 0.222 e. The fraction of sp³-hybridized carbons (Fsp3) is 0.250. The van der Waals surface area contributed by atoms with Crippen molar-refractivity contribution in [1.29, 1.82) is 0 Å². The zero-order valence-electron chi connectivity index (χ0n) is 11.6. The quantitative estimate of drug-likeness (QED) is 0.847. The molecule has 4 nitrogen and oxygen atoms in total. The van der Waals surface area contributed by atoms with E-state index in [2.05, 4.69) is 15.6 Å². The van der Waals surface area contributed by atoms with Crippen molar-refractivity contribution in [3.05, 3.63) is 59.9 Å². The number of carbonyl (C=O) groups excluding carboxylic acids is 1. The minimum Gasteiger partial charge on any atom is -0.384 e. The Morgan fingerprint density at radius 2 is 1.95 bits per heavy atom. The van der Waals surface area contributed by atoms with Crippen LogP contribution in [0.3, 0.4) is 0 Å². The number of para-hydroxylation sites is 1. The van der Waals surface area contributed by atoms with Crippen molar-refractivity contribution in [2.45, 2.75) is 19.9 Å². The first kappa shape index (κ1) is 14.1. The van der Waals surface area contributed by atoms with Gasteiger partial charge in [0.2, 0.25) is 5.91 Å². The lowest BCUT2D eigenvalue weighted by Gasteiger charge is -2.09. The number of hydrogen-bond acceptors (Lipinski definition) is 3. The van der Waals surface area contributed by atoms with E-state index in [4.69, 9.17) is 0 Å². The van der Waals surface area contributed by atoms with E-state index in [1.807, 2.05) is 49.4 Å². The van der Waals surface area contributed by atoms with Crippen molar-refractivity contribution in [3.63, 3.8) is 0 Å². The lowest BCUT2D eigenvalue weighted by molar-refractivity contribution is -0.121. The van der Waals surface area contributed by atoms with Crippen molar-refractivity contribution in [2.24, 2.45) is 0 Å². The number of aromatic nitrogens is 1. The normalized spacial score (nSPS) is 10.1. The highest BCUT2D eigenvalue weighted by Crippen LogP contribution is 2.12. The van der Waals surface area contributed by atoms with E-state index in [-0.39, 0.29) is 5.91 Å². The molecule has 0 spiro atoms. The molecular weight excluding hydrogens is 250 g/mol. The largest absolute Gasteiger partial charge is 0.384 e. The molecule has 1 aromatic carbocycles. The summed E-state index contributed by atoms with van der Waals surface area (Å²) in [6, 6.07) is 13.7. The first-order valence-corrected chi connectivity index (χ1v) is 6.72. The summed E-state index contributed by atoms with van der Waals surface area (Å²) in [5.74, 6) is 0.0248. The molecule has 1 amide bonds. The standard InChI is InChI=1S/C16H19N3O/c1-13-6-2-3-8-15(13)18-11-9-16(20)19-12-14-7-4-5-10-17-14/h2-8,10,18H,9,11-12H2,1H3,(H,19,20). The van der Waals surface area contributed by atoms with Gasteiger partial charge in [-0.05, 0) is 30.7 Å². The number of carbonyl (C=O) groups is 1. The summed E-state index contributed by atoms with van der Waals surface area (Å²) < 4.78 is 0. The van der Waals surface area contributed by atoms with Crippen molar-refractivity contribution < 1.29 is 4.79 Å². The van der Waals surface area contributed by atoms with Gasteiger partial charge < -0.3 is 10.6 Å². The number of aryl methyl sites for hydroxylation is 1. The van der Waals surface area contributed by atoms with E-state index < -0.39 is 0 Å². The van der Waals surface area contributed by atoms with Crippen molar-refractivity contribution in [2.75, 3.05) is 11.9 Å². The van der Waals surface area contributed by atoms with Crippen LogP contribution in [0.15, 0.2) is 48.7 Å². The minimum atomic E-state index is 0.0248. The third-order valence-electron chi connectivity index (χ3n) is 3.01. The number of nitrogens with one attached hydrogen (secondary N) is 2. The summed E-state index contributed by atoms with van der Waals surface area (Å²) in [5, 5.41) is 6.12. The number of benzene rings is 1. The highest BCUT2D eigenvalue weighted by atomic mass is 16.1. The third-order valence-corrected chi connectivity index (χ3v) is 3.01.